The molecule has 0 saturated heterocycles. The predicted molar refractivity (Wildman–Crippen MR) is 96.5 cm³/mol. The molecule has 0 spiro atoms. The number of aromatic nitrogens is 3. The molecule has 0 radical (unpaired) electrons. The number of hydrogen-bond acceptors (Lipinski definition) is 5. The molecular formula is C17H23N5OS. The first-order valence-corrected chi connectivity index (χ1v) is 9.32. The number of carbonyl (C=O) groups is 1. The van der Waals surface area contributed by atoms with Crippen LogP contribution in [0.3, 0.4) is 0 Å². The van der Waals surface area contributed by atoms with Gasteiger partial charge in [0.15, 0.2) is 5.82 Å². The Morgan fingerprint density at radius 1 is 1.29 bits per heavy atom. The van der Waals surface area contributed by atoms with Gasteiger partial charge in [-0.25, -0.2) is 4.68 Å². The lowest BCUT2D eigenvalue weighted by atomic mass is 9.89. The molecule has 24 heavy (non-hydrogen) atoms. The fourth-order valence-electron chi connectivity index (χ4n) is 3.06. The van der Waals surface area contributed by atoms with Gasteiger partial charge in [0, 0.05) is 11.6 Å². The van der Waals surface area contributed by atoms with Gasteiger partial charge in [-0.05, 0) is 31.4 Å². The van der Waals surface area contributed by atoms with Crippen molar-refractivity contribution >= 4 is 23.4 Å². The highest BCUT2D eigenvalue weighted by Gasteiger charge is 2.22. The molecule has 0 aliphatic heterocycles. The second-order valence-corrected chi connectivity index (χ2v) is 7.14. The van der Waals surface area contributed by atoms with Crippen molar-refractivity contribution in [3.05, 3.63) is 35.7 Å². The molecule has 3 rings (SSSR count). The smallest absolute Gasteiger partial charge is 0.234 e. The van der Waals surface area contributed by atoms with Crippen LogP contribution in [0, 0.1) is 6.92 Å². The van der Waals surface area contributed by atoms with Crippen molar-refractivity contribution in [2.45, 2.75) is 50.1 Å². The normalized spacial score (nSPS) is 15.4. The number of nitrogens with one attached hydrogen (secondary N) is 1. The number of hydrogen-bond donors (Lipinski definition) is 2. The minimum atomic E-state index is -0.0727. The van der Waals surface area contributed by atoms with E-state index < -0.39 is 0 Å². The van der Waals surface area contributed by atoms with E-state index in [1.165, 1.54) is 31.0 Å². The van der Waals surface area contributed by atoms with Crippen LogP contribution in [-0.4, -0.2) is 26.5 Å². The SMILES string of the molecule is Cc1ccccc1NC(=O)CSc1nnc(C2CCCCC2)n1N. The van der Waals surface area contributed by atoms with Crippen LogP contribution in [-0.2, 0) is 4.79 Å². The van der Waals surface area contributed by atoms with Crippen LogP contribution in [0.4, 0.5) is 5.69 Å². The minimum Gasteiger partial charge on any atom is -0.336 e. The van der Waals surface area contributed by atoms with Crippen LogP contribution in [0.25, 0.3) is 0 Å². The van der Waals surface area contributed by atoms with Crippen LogP contribution in [0.5, 0.6) is 0 Å². The number of carbonyl (C=O) groups excluding carboxylic acids is 1. The maximum Gasteiger partial charge on any atom is 0.234 e. The molecule has 1 aromatic carbocycles. The van der Waals surface area contributed by atoms with E-state index in [2.05, 4.69) is 15.5 Å². The summed E-state index contributed by atoms with van der Waals surface area (Å²) in [5.41, 5.74) is 1.87. The van der Waals surface area contributed by atoms with E-state index in [-0.39, 0.29) is 11.7 Å². The number of aryl methyl sites for hydroxylation is 1. The summed E-state index contributed by atoms with van der Waals surface area (Å²) in [6.45, 7) is 1.97. The van der Waals surface area contributed by atoms with Crippen LogP contribution in [0.15, 0.2) is 29.4 Å². The zero-order valence-electron chi connectivity index (χ0n) is 13.9. The average molecular weight is 345 g/mol. The number of nitrogens with two attached hydrogens (primary N) is 1. The number of rotatable bonds is 5. The highest BCUT2D eigenvalue weighted by molar-refractivity contribution is 7.99. The Morgan fingerprint density at radius 2 is 2.04 bits per heavy atom. The highest BCUT2D eigenvalue weighted by atomic mass is 32.2. The van der Waals surface area contributed by atoms with Gasteiger partial charge >= 0.3 is 0 Å². The number of benzene rings is 1. The van der Waals surface area contributed by atoms with E-state index in [9.17, 15) is 4.79 Å². The first kappa shape index (κ1) is 16.8. The van der Waals surface area contributed by atoms with E-state index in [1.807, 2.05) is 31.2 Å². The quantitative estimate of drug-likeness (QED) is 0.642. The molecule has 1 aliphatic carbocycles. The topological polar surface area (TPSA) is 85.8 Å². The summed E-state index contributed by atoms with van der Waals surface area (Å²) in [5.74, 6) is 7.56. The molecule has 0 bridgehead atoms. The maximum atomic E-state index is 12.1. The third-order valence-electron chi connectivity index (χ3n) is 4.41. The zero-order valence-corrected chi connectivity index (χ0v) is 14.7. The lowest BCUT2D eigenvalue weighted by Gasteiger charge is -2.20. The Hall–Kier alpha value is -2.02. The fraction of sp³-hybridized carbons (Fsp3) is 0.471. The maximum absolute atomic E-state index is 12.1. The summed E-state index contributed by atoms with van der Waals surface area (Å²) in [6, 6.07) is 7.71. The predicted octanol–water partition coefficient (Wildman–Crippen LogP) is 3.08. The number of nitrogen functional groups attached to an aromatic ring is 1. The summed E-state index contributed by atoms with van der Waals surface area (Å²) in [4.78, 5) is 12.1. The first-order chi connectivity index (χ1) is 11.6. The van der Waals surface area contributed by atoms with Crippen molar-refractivity contribution in [3.8, 4) is 0 Å². The molecule has 1 amide bonds. The van der Waals surface area contributed by atoms with E-state index in [1.54, 1.807) is 4.68 Å². The summed E-state index contributed by atoms with van der Waals surface area (Å²) in [7, 11) is 0. The van der Waals surface area contributed by atoms with Crippen molar-refractivity contribution < 1.29 is 4.79 Å². The lowest BCUT2D eigenvalue weighted by molar-refractivity contribution is -0.113. The van der Waals surface area contributed by atoms with Gasteiger partial charge in [-0.2, -0.15) is 0 Å². The summed E-state index contributed by atoms with van der Waals surface area (Å²) < 4.78 is 1.56. The monoisotopic (exact) mass is 345 g/mol. The lowest BCUT2D eigenvalue weighted by Crippen LogP contribution is -2.20. The molecular weight excluding hydrogens is 322 g/mol. The van der Waals surface area contributed by atoms with Crippen LogP contribution >= 0.6 is 11.8 Å². The van der Waals surface area contributed by atoms with Crippen molar-refractivity contribution in [3.63, 3.8) is 0 Å². The Balaban J connectivity index is 1.57. The zero-order chi connectivity index (χ0) is 16.9. The summed E-state index contributed by atoms with van der Waals surface area (Å²) >= 11 is 1.32. The van der Waals surface area contributed by atoms with Crippen LogP contribution in [0.1, 0.15) is 49.4 Å². The fourth-order valence-corrected chi connectivity index (χ4v) is 3.72. The Bertz CT molecular complexity index is 709. The number of para-hydroxylation sites is 1. The van der Waals surface area contributed by atoms with Gasteiger partial charge < -0.3 is 11.2 Å². The highest BCUT2D eigenvalue weighted by Crippen LogP contribution is 2.32. The van der Waals surface area contributed by atoms with E-state index in [0.717, 1.165) is 29.9 Å². The Labute approximate surface area is 146 Å². The minimum absolute atomic E-state index is 0.0727. The summed E-state index contributed by atoms with van der Waals surface area (Å²) in [5, 5.41) is 11.9. The van der Waals surface area contributed by atoms with Crippen molar-refractivity contribution in [2.24, 2.45) is 0 Å². The summed E-state index contributed by atoms with van der Waals surface area (Å²) in [6.07, 6.45) is 5.97. The number of thioether (sulfide) groups is 1. The van der Waals surface area contributed by atoms with Gasteiger partial charge in [-0.3, -0.25) is 4.79 Å². The van der Waals surface area contributed by atoms with Crippen LogP contribution in [0.2, 0.25) is 0 Å². The third kappa shape index (κ3) is 3.90. The van der Waals surface area contributed by atoms with Crippen molar-refractivity contribution in [2.75, 3.05) is 16.9 Å². The third-order valence-corrected chi connectivity index (χ3v) is 5.36. The van der Waals surface area contributed by atoms with Gasteiger partial charge in [0.1, 0.15) is 0 Å². The molecule has 1 heterocycles. The second kappa shape index (κ2) is 7.70. The molecule has 3 N–H and O–H groups in total. The molecule has 0 unspecified atom stereocenters. The van der Waals surface area contributed by atoms with Gasteiger partial charge in [-0.15, -0.1) is 10.2 Å². The Morgan fingerprint density at radius 3 is 2.79 bits per heavy atom. The Kier molecular flexibility index (Phi) is 5.40. The van der Waals surface area contributed by atoms with E-state index >= 15 is 0 Å². The molecule has 2 aromatic rings. The number of amides is 1. The van der Waals surface area contributed by atoms with Gasteiger partial charge in [0.05, 0.1) is 5.75 Å². The average Bonchev–Trinajstić information content (AvgIpc) is 2.97. The molecule has 128 valence electrons. The largest absolute Gasteiger partial charge is 0.336 e. The molecule has 0 atom stereocenters. The van der Waals surface area contributed by atoms with Crippen molar-refractivity contribution in [1.29, 1.82) is 0 Å². The van der Waals surface area contributed by atoms with Crippen molar-refractivity contribution in [1.82, 2.24) is 14.9 Å². The van der Waals surface area contributed by atoms with E-state index in [0.29, 0.717) is 11.1 Å². The van der Waals surface area contributed by atoms with Crippen LogP contribution < -0.4 is 11.2 Å². The van der Waals surface area contributed by atoms with E-state index in [4.69, 9.17) is 5.84 Å². The molecule has 6 nitrogen and oxygen atoms in total. The standard InChI is InChI=1S/C17H23N5OS/c1-12-7-5-6-10-14(12)19-15(23)11-24-17-21-20-16(22(17)18)13-8-3-2-4-9-13/h5-7,10,13H,2-4,8-9,11,18H2,1H3,(H,19,23). The molecule has 1 aromatic heterocycles. The number of anilines is 1. The van der Waals surface area contributed by atoms with Gasteiger partial charge in [-0.1, -0.05) is 49.2 Å². The second-order valence-electron chi connectivity index (χ2n) is 6.20. The van der Waals surface area contributed by atoms with Gasteiger partial charge in [0.25, 0.3) is 0 Å². The van der Waals surface area contributed by atoms with Gasteiger partial charge in [0.2, 0.25) is 11.1 Å². The molecule has 1 fully saturated rings. The molecule has 1 saturated carbocycles. The number of nitrogens with zero attached hydrogens (tertiary/aromatic N) is 3. The first-order valence-electron chi connectivity index (χ1n) is 8.34. The molecule has 1 aliphatic rings. The molecule has 7 heteroatoms.